The molecule has 1 saturated carbocycles. The molecule has 0 amide bonds. The van der Waals surface area contributed by atoms with E-state index in [1.165, 1.54) is 51.4 Å². The highest BCUT2D eigenvalue weighted by Gasteiger charge is 2.58. The van der Waals surface area contributed by atoms with Crippen LogP contribution in [0.2, 0.25) is 0 Å². The number of ether oxygens (including phenoxy) is 1. The van der Waals surface area contributed by atoms with Crippen molar-refractivity contribution in [1.29, 1.82) is 0 Å². The number of carbonyl (C=O) groups excluding carboxylic acids is 1. The number of hydrogen-bond donors (Lipinski definition) is 0. The number of hydrogen-bond acceptors (Lipinski definition) is 2. The van der Waals surface area contributed by atoms with Crippen LogP contribution in [0.25, 0.3) is 0 Å². The number of allylic oxidation sites excluding steroid dienone is 4. The highest BCUT2D eigenvalue weighted by molar-refractivity contribution is 5.89. The van der Waals surface area contributed by atoms with Crippen molar-refractivity contribution in [3.63, 3.8) is 0 Å². The van der Waals surface area contributed by atoms with Gasteiger partial charge in [0.25, 0.3) is 0 Å². The molecule has 0 heterocycles. The number of rotatable bonds is 7. The first kappa shape index (κ1) is 27.7. The highest BCUT2D eigenvalue weighted by atomic mass is 16.5. The first-order valence-electron chi connectivity index (χ1n) is 15.7. The van der Waals surface area contributed by atoms with Crippen LogP contribution in [-0.2, 0) is 4.74 Å². The van der Waals surface area contributed by atoms with E-state index in [0.29, 0.717) is 16.9 Å². The molecule has 0 spiro atoms. The van der Waals surface area contributed by atoms with Crippen LogP contribution in [0, 0.1) is 39.9 Å². The van der Waals surface area contributed by atoms with Crippen LogP contribution in [0.3, 0.4) is 0 Å². The molecule has 1 aromatic rings. The minimum Gasteiger partial charge on any atom is -0.458 e. The van der Waals surface area contributed by atoms with E-state index in [9.17, 15) is 4.79 Å². The van der Waals surface area contributed by atoms with Gasteiger partial charge in [-0.25, -0.2) is 4.79 Å². The number of benzene rings is 1. The van der Waals surface area contributed by atoms with Crippen LogP contribution in [0.1, 0.15) is 123 Å². The van der Waals surface area contributed by atoms with Gasteiger partial charge in [-0.15, -0.1) is 0 Å². The van der Waals surface area contributed by atoms with Gasteiger partial charge >= 0.3 is 5.97 Å². The molecule has 0 radical (unpaired) electrons. The molecule has 4 aliphatic carbocycles. The highest BCUT2D eigenvalue weighted by Crippen LogP contribution is 2.67. The molecule has 0 bridgehead atoms. The average Bonchev–Trinajstić information content (AvgIpc) is 3.23. The van der Waals surface area contributed by atoms with Crippen molar-refractivity contribution in [2.75, 3.05) is 0 Å². The Bertz CT molecular complexity index is 1090. The molecule has 0 aliphatic heterocycles. The Labute approximate surface area is 232 Å². The molecule has 2 heteroatoms. The van der Waals surface area contributed by atoms with Gasteiger partial charge in [0.05, 0.1) is 5.56 Å². The molecule has 5 rings (SSSR count). The molecule has 1 fully saturated rings. The van der Waals surface area contributed by atoms with Gasteiger partial charge in [0, 0.05) is 5.41 Å². The summed E-state index contributed by atoms with van der Waals surface area (Å²) in [6.45, 7) is 17.2. The lowest BCUT2D eigenvalue weighted by atomic mass is 9.46. The third kappa shape index (κ3) is 4.62. The summed E-state index contributed by atoms with van der Waals surface area (Å²) in [6, 6.07) is 9.52. The SMILES string of the molecule is CC(C)CCC[C@@H](C)[C@H]1CC=C2C3=C(CC[C@@]21C)[C@@]1(C)CC[C@H](OC(=O)c2ccccc2)C(C)(C)[C@@H]1CC3. The van der Waals surface area contributed by atoms with Crippen LogP contribution in [-0.4, -0.2) is 12.1 Å². The van der Waals surface area contributed by atoms with Gasteiger partial charge in [-0.3, -0.25) is 0 Å². The van der Waals surface area contributed by atoms with Crippen molar-refractivity contribution in [1.82, 2.24) is 0 Å². The monoisotopic (exact) mass is 516 g/mol. The molecular weight excluding hydrogens is 464 g/mol. The molecular formula is C36H52O2. The van der Waals surface area contributed by atoms with Gasteiger partial charge in [-0.2, -0.15) is 0 Å². The van der Waals surface area contributed by atoms with Crippen LogP contribution < -0.4 is 0 Å². The normalized spacial score (nSPS) is 34.7. The zero-order valence-corrected chi connectivity index (χ0v) is 25.2. The minimum absolute atomic E-state index is 0.0222. The van der Waals surface area contributed by atoms with Gasteiger partial charge in [-0.1, -0.05) is 97.6 Å². The summed E-state index contributed by atoms with van der Waals surface area (Å²) >= 11 is 0. The number of fused-ring (bicyclic) bond motifs is 4. The number of carbonyl (C=O) groups is 1. The van der Waals surface area contributed by atoms with Crippen molar-refractivity contribution in [2.45, 2.75) is 119 Å². The maximum Gasteiger partial charge on any atom is 0.338 e. The van der Waals surface area contributed by atoms with E-state index in [-0.39, 0.29) is 22.9 Å². The van der Waals surface area contributed by atoms with E-state index >= 15 is 0 Å². The van der Waals surface area contributed by atoms with Crippen LogP contribution in [0.15, 0.2) is 53.1 Å². The maximum atomic E-state index is 13.0. The van der Waals surface area contributed by atoms with E-state index < -0.39 is 0 Å². The molecule has 6 atom stereocenters. The van der Waals surface area contributed by atoms with E-state index in [2.05, 4.69) is 54.5 Å². The summed E-state index contributed by atoms with van der Waals surface area (Å²) in [5.74, 6) is 2.80. The van der Waals surface area contributed by atoms with Crippen molar-refractivity contribution < 1.29 is 9.53 Å². The van der Waals surface area contributed by atoms with E-state index in [4.69, 9.17) is 4.74 Å². The van der Waals surface area contributed by atoms with E-state index in [1.54, 1.807) is 16.7 Å². The van der Waals surface area contributed by atoms with Crippen molar-refractivity contribution in [3.8, 4) is 0 Å². The Morgan fingerprint density at radius 2 is 1.68 bits per heavy atom. The van der Waals surface area contributed by atoms with E-state index in [0.717, 1.165) is 30.6 Å². The van der Waals surface area contributed by atoms with Gasteiger partial charge in [0.15, 0.2) is 0 Å². The van der Waals surface area contributed by atoms with Gasteiger partial charge in [0.2, 0.25) is 0 Å². The predicted molar refractivity (Wildman–Crippen MR) is 158 cm³/mol. The molecule has 0 aromatic heterocycles. The average molecular weight is 517 g/mol. The Morgan fingerprint density at radius 3 is 2.39 bits per heavy atom. The second-order valence-electron chi connectivity index (χ2n) is 14.8. The Morgan fingerprint density at radius 1 is 0.947 bits per heavy atom. The first-order chi connectivity index (χ1) is 18.0. The molecule has 0 saturated heterocycles. The zero-order chi connectivity index (χ0) is 27.3. The third-order valence-electron chi connectivity index (χ3n) is 11.8. The van der Waals surface area contributed by atoms with Crippen molar-refractivity contribution in [2.24, 2.45) is 39.9 Å². The van der Waals surface area contributed by atoms with E-state index in [1.807, 2.05) is 30.3 Å². The Kier molecular flexibility index (Phi) is 7.51. The van der Waals surface area contributed by atoms with Gasteiger partial charge < -0.3 is 4.74 Å². The molecule has 4 aliphatic rings. The lowest BCUT2D eigenvalue weighted by Gasteiger charge is -2.59. The van der Waals surface area contributed by atoms with Gasteiger partial charge in [-0.05, 0) is 103 Å². The van der Waals surface area contributed by atoms with Crippen LogP contribution in [0.5, 0.6) is 0 Å². The van der Waals surface area contributed by atoms with Crippen LogP contribution in [0.4, 0.5) is 0 Å². The second kappa shape index (κ2) is 10.3. The smallest absolute Gasteiger partial charge is 0.338 e. The summed E-state index contributed by atoms with van der Waals surface area (Å²) in [7, 11) is 0. The summed E-state index contributed by atoms with van der Waals surface area (Å²) in [5, 5.41) is 0. The fraction of sp³-hybridized carbons (Fsp3) is 0.694. The Balaban J connectivity index is 1.34. The molecule has 2 nitrogen and oxygen atoms in total. The summed E-state index contributed by atoms with van der Waals surface area (Å²) in [4.78, 5) is 13.0. The quantitative estimate of drug-likeness (QED) is 0.337. The molecule has 38 heavy (non-hydrogen) atoms. The fourth-order valence-electron chi connectivity index (χ4n) is 9.59. The molecule has 1 aromatic carbocycles. The summed E-state index contributed by atoms with van der Waals surface area (Å²) < 4.78 is 6.23. The topological polar surface area (TPSA) is 26.3 Å². The largest absolute Gasteiger partial charge is 0.458 e. The third-order valence-corrected chi connectivity index (χ3v) is 11.8. The Hall–Kier alpha value is -1.83. The maximum absolute atomic E-state index is 13.0. The standard InChI is InChI=1S/C36H52O2/c1-24(2)12-11-13-25(3)28-17-18-29-27-16-19-31-34(4,5)32(38-33(37)26-14-9-8-10-15-26)21-23-36(31,7)30(27)20-22-35(28,29)6/h8-10,14-15,18,24-25,28,31-32H,11-13,16-17,19-23H2,1-7H3/t25-,28-,31+,32+,35-,36-/m1/s1. The summed E-state index contributed by atoms with van der Waals surface area (Å²) in [6.07, 6.45) is 15.1. The lowest BCUT2D eigenvalue weighted by molar-refractivity contribution is -0.0993. The predicted octanol–water partition coefficient (Wildman–Crippen LogP) is 9.95. The minimum atomic E-state index is -0.166. The lowest BCUT2D eigenvalue weighted by Crippen LogP contribution is -2.54. The number of esters is 1. The molecule has 0 unspecified atom stereocenters. The van der Waals surface area contributed by atoms with Gasteiger partial charge in [0.1, 0.15) is 6.10 Å². The van der Waals surface area contributed by atoms with Crippen molar-refractivity contribution in [3.05, 3.63) is 58.7 Å². The summed E-state index contributed by atoms with van der Waals surface area (Å²) in [5.41, 5.74) is 6.45. The van der Waals surface area contributed by atoms with Crippen molar-refractivity contribution >= 4 is 5.97 Å². The first-order valence-corrected chi connectivity index (χ1v) is 15.7. The second-order valence-corrected chi connectivity index (χ2v) is 14.8. The molecule has 208 valence electrons. The van der Waals surface area contributed by atoms with Crippen LogP contribution >= 0.6 is 0 Å². The fourth-order valence-corrected chi connectivity index (χ4v) is 9.59. The zero-order valence-electron chi connectivity index (χ0n) is 25.2. The molecule has 0 N–H and O–H groups in total.